The highest BCUT2D eigenvalue weighted by atomic mass is 35.5. The Morgan fingerprint density at radius 2 is 1.82 bits per heavy atom. The third-order valence-electron chi connectivity index (χ3n) is 4.41. The van der Waals surface area contributed by atoms with Crippen molar-refractivity contribution in [2.75, 3.05) is 0 Å². The van der Waals surface area contributed by atoms with Crippen LogP contribution in [0.4, 0.5) is 13.2 Å². The van der Waals surface area contributed by atoms with Crippen molar-refractivity contribution in [3.63, 3.8) is 0 Å². The molecule has 1 aromatic heterocycles. The Morgan fingerprint density at radius 1 is 1.07 bits per heavy atom. The first-order valence-electron chi connectivity index (χ1n) is 8.24. The van der Waals surface area contributed by atoms with E-state index in [2.05, 4.69) is 15.2 Å². The Kier molecular flexibility index (Phi) is 4.30. The van der Waals surface area contributed by atoms with E-state index in [-0.39, 0.29) is 35.0 Å². The molecule has 3 aromatic rings. The van der Waals surface area contributed by atoms with Crippen molar-refractivity contribution in [2.45, 2.75) is 19.6 Å². The van der Waals surface area contributed by atoms with Gasteiger partial charge in [0.2, 0.25) is 0 Å². The van der Waals surface area contributed by atoms with Gasteiger partial charge in [-0.3, -0.25) is 14.4 Å². The van der Waals surface area contributed by atoms with Crippen LogP contribution >= 0.6 is 11.6 Å². The summed E-state index contributed by atoms with van der Waals surface area (Å²) in [5, 5.41) is 8.17. The summed E-state index contributed by atoms with van der Waals surface area (Å²) in [6, 6.07) is 9.88. The number of aliphatic imine (C=N–C) groups is 1. The van der Waals surface area contributed by atoms with Crippen molar-refractivity contribution >= 4 is 17.3 Å². The molecule has 0 unspecified atom stereocenters. The van der Waals surface area contributed by atoms with E-state index in [1.807, 2.05) is 0 Å². The monoisotopic (exact) mass is 404 g/mol. The van der Waals surface area contributed by atoms with Gasteiger partial charge < -0.3 is 0 Å². The number of fused-ring (bicyclic) bond motifs is 3. The topological polar surface area (TPSA) is 60.1 Å². The molecule has 0 N–H and O–H groups in total. The lowest BCUT2D eigenvalue weighted by molar-refractivity contribution is -0.137. The van der Waals surface area contributed by atoms with Gasteiger partial charge in [-0.15, -0.1) is 10.2 Å². The minimum absolute atomic E-state index is 0.0287. The zero-order valence-electron chi connectivity index (χ0n) is 14.5. The molecule has 9 heteroatoms. The largest absolute Gasteiger partial charge is 0.416 e. The maximum absolute atomic E-state index is 13.4. The molecule has 5 nitrogen and oxygen atoms in total. The first kappa shape index (κ1) is 18.4. The molecule has 0 aliphatic carbocycles. The summed E-state index contributed by atoms with van der Waals surface area (Å²) < 4.78 is 41.3. The number of rotatable bonds is 1. The molecule has 142 valence electrons. The number of aryl methyl sites for hydroxylation is 1. The minimum Gasteiger partial charge on any atom is -0.276 e. The number of nitrogens with zero attached hydrogens (tertiary/aromatic N) is 4. The second-order valence-corrected chi connectivity index (χ2v) is 6.62. The van der Waals surface area contributed by atoms with Crippen LogP contribution in [0.5, 0.6) is 0 Å². The van der Waals surface area contributed by atoms with Crippen molar-refractivity contribution in [1.29, 1.82) is 0 Å². The molecule has 28 heavy (non-hydrogen) atoms. The van der Waals surface area contributed by atoms with Gasteiger partial charge in [0.25, 0.3) is 5.56 Å². The molecule has 1 aliphatic rings. The van der Waals surface area contributed by atoms with Gasteiger partial charge in [0.05, 0.1) is 17.0 Å². The molecule has 4 rings (SSSR count). The highest BCUT2D eigenvalue weighted by molar-refractivity contribution is 6.35. The van der Waals surface area contributed by atoms with Crippen molar-refractivity contribution in [1.82, 2.24) is 14.8 Å². The summed E-state index contributed by atoms with van der Waals surface area (Å²) in [5.41, 5.74) is -0.0403. The number of halogens is 4. The van der Waals surface area contributed by atoms with Crippen molar-refractivity contribution < 1.29 is 13.2 Å². The van der Waals surface area contributed by atoms with Gasteiger partial charge in [-0.25, -0.2) is 0 Å². The number of aromatic nitrogens is 3. The zero-order chi connectivity index (χ0) is 20.1. The van der Waals surface area contributed by atoms with E-state index in [9.17, 15) is 18.0 Å². The van der Waals surface area contributed by atoms with Crippen LogP contribution in [0, 0.1) is 6.92 Å². The van der Waals surface area contributed by atoms with E-state index >= 15 is 0 Å². The SMILES string of the molecule is Cc1nnc2n(c1=O)-c1ccc(C(F)(F)F)cc1C(c1ccccc1Cl)=NC2. The van der Waals surface area contributed by atoms with Gasteiger partial charge in [0.1, 0.15) is 12.2 Å². The summed E-state index contributed by atoms with van der Waals surface area (Å²) in [5.74, 6) is 0.235. The predicted octanol–water partition coefficient (Wildman–Crippen LogP) is 3.96. The number of alkyl halides is 3. The average Bonchev–Trinajstić information content (AvgIpc) is 2.81. The molecule has 0 saturated heterocycles. The fourth-order valence-electron chi connectivity index (χ4n) is 3.07. The van der Waals surface area contributed by atoms with Crippen LogP contribution in [0.15, 0.2) is 52.3 Å². The van der Waals surface area contributed by atoms with Gasteiger partial charge in [-0.2, -0.15) is 13.2 Å². The molecule has 0 saturated carbocycles. The second kappa shape index (κ2) is 6.56. The van der Waals surface area contributed by atoms with Crippen molar-refractivity contribution in [3.8, 4) is 5.69 Å². The lowest BCUT2D eigenvalue weighted by atomic mass is 9.98. The van der Waals surface area contributed by atoms with Crippen LogP contribution in [0.3, 0.4) is 0 Å². The first-order chi connectivity index (χ1) is 13.3. The van der Waals surface area contributed by atoms with Crippen molar-refractivity contribution in [3.05, 3.63) is 86.0 Å². The van der Waals surface area contributed by atoms with E-state index in [0.717, 1.165) is 12.1 Å². The Bertz CT molecular complexity index is 1180. The van der Waals surface area contributed by atoms with Crippen LogP contribution in [-0.2, 0) is 12.7 Å². The normalized spacial score (nSPS) is 13.4. The molecule has 2 heterocycles. The number of benzene rings is 2. The van der Waals surface area contributed by atoms with Gasteiger partial charge in [-0.1, -0.05) is 29.8 Å². The summed E-state index contributed by atoms with van der Waals surface area (Å²) in [6.45, 7) is 1.46. The molecule has 1 aliphatic heterocycles. The van der Waals surface area contributed by atoms with Crippen LogP contribution in [0.2, 0.25) is 5.02 Å². The summed E-state index contributed by atoms with van der Waals surface area (Å²) >= 11 is 6.28. The zero-order valence-corrected chi connectivity index (χ0v) is 15.2. The molecule has 0 fully saturated rings. The summed E-state index contributed by atoms with van der Waals surface area (Å²) in [4.78, 5) is 17.1. The fourth-order valence-corrected chi connectivity index (χ4v) is 3.29. The van der Waals surface area contributed by atoms with E-state index in [4.69, 9.17) is 11.6 Å². The van der Waals surface area contributed by atoms with Gasteiger partial charge in [0, 0.05) is 16.1 Å². The highest BCUT2D eigenvalue weighted by Crippen LogP contribution is 2.34. The maximum atomic E-state index is 13.4. The molecule has 0 radical (unpaired) electrons. The van der Waals surface area contributed by atoms with Gasteiger partial charge in [-0.05, 0) is 31.2 Å². The smallest absolute Gasteiger partial charge is 0.276 e. The van der Waals surface area contributed by atoms with Gasteiger partial charge >= 0.3 is 6.18 Å². The first-order valence-corrected chi connectivity index (χ1v) is 8.61. The van der Waals surface area contributed by atoms with Crippen molar-refractivity contribution in [2.24, 2.45) is 4.99 Å². The standard InChI is InChI=1S/C19H12ClF3N4O/c1-10-18(28)27-15-7-6-11(19(21,22)23)8-13(15)17(24-9-16(27)26-25-10)12-4-2-3-5-14(12)20/h2-8H,9H2,1H3. The average molecular weight is 405 g/mol. The van der Waals surface area contributed by atoms with Crippen LogP contribution in [-0.4, -0.2) is 20.5 Å². The number of hydrogen-bond donors (Lipinski definition) is 0. The van der Waals surface area contributed by atoms with Gasteiger partial charge in [0.15, 0.2) is 5.82 Å². The molecular weight excluding hydrogens is 393 g/mol. The molecule has 0 atom stereocenters. The Hall–Kier alpha value is -3.00. The summed E-state index contributed by atoms with van der Waals surface area (Å²) in [7, 11) is 0. The lowest BCUT2D eigenvalue weighted by Gasteiger charge is -2.16. The fraction of sp³-hybridized carbons (Fsp3) is 0.158. The Morgan fingerprint density at radius 3 is 2.54 bits per heavy atom. The quantitative estimate of drug-likeness (QED) is 0.617. The lowest BCUT2D eigenvalue weighted by Crippen LogP contribution is -2.27. The van der Waals surface area contributed by atoms with Crippen LogP contribution in [0.1, 0.15) is 28.2 Å². The van der Waals surface area contributed by atoms with E-state index in [1.165, 1.54) is 17.6 Å². The highest BCUT2D eigenvalue weighted by Gasteiger charge is 2.33. The number of hydrogen-bond acceptors (Lipinski definition) is 4. The van der Waals surface area contributed by atoms with E-state index < -0.39 is 17.3 Å². The third kappa shape index (κ3) is 2.99. The maximum Gasteiger partial charge on any atom is 0.416 e. The third-order valence-corrected chi connectivity index (χ3v) is 4.74. The van der Waals surface area contributed by atoms with E-state index in [1.54, 1.807) is 24.3 Å². The molecule has 0 bridgehead atoms. The Balaban J connectivity index is 2.08. The minimum atomic E-state index is -4.55. The predicted molar refractivity (Wildman–Crippen MR) is 98.2 cm³/mol. The van der Waals surface area contributed by atoms with Crippen LogP contribution in [0.25, 0.3) is 5.69 Å². The van der Waals surface area contributed by atoms with E-state index in [0.29, 0.717) is 10.6 Å². The second-order valence-electron chi connectivity index (χ2n) is 6.22. The van der Waals surface area contributed by atoms with Crippen LogP contribution < -0.4 is 5.56 Å². The summed E-state index contributed by atoms with van der Waals surface area (Å²) in [6.07, 6.45) is -4.55. The Labute approximate surface area is 162 Å². The molecule has 0 spiro atoms. The molecular formula is C19H12ClF3N4O. The molecule has 0 amide bonds. The molecule has 2 aromatic carbocycles.